The van der Waals surface area contributed by atoms with Crippen molar-refractivity contribution in [2.24, 2.45) is 0 Å². The fraction of sp³-hybridized carbons (Fsp3) is 0.194. The van der Waals surface area contributed by atoms with E-state index in [1.807, 2.05) is 0 Å². The summed E-state index contributed by atoms with van der Waals surface area (Å²) in [7, 11) is 0. The van der Waals surface area contributed by atoms with E-state index in [9.17, 15) is 0 Å². The van der Waals surface area contributed by atoms with Gasteiger partial charge in [-0.25, -0.2) is 0 Å². The van der Waals surface area contributed by atoms with E-state index < -0.39 is 16.6 Å². The van der Waals surface area contributed by atoms with Gasteiger partial charge in [-0.05, 0) is 95.0 Å². The van der Waals surface area contributed by atoms with Crippen LogP contribution in [0.25, 0.3) is 0 Å². The van der Waals surface area contributed by atoms with E-state index in [-0.39, 0.29) is 12.2 Å². The van der Waals surface area contributed by atoms with Crippen LogP contribution in [0.1, 0.15) is 50.1 Å². The van der Waals surface area contributed by atoms with Crippen molar-refractivity contribution < 1.29 is 0 Å². The number of piperazine rings is 1. The molecule has 1 unspecified atom stereocenters. The zero-order valence-corrected chi connectivity index (χ0v) is 40.5. The Labute approximate surface area is 417 Å². The molecule has 0 spiro atoms. The molecule has 1 fully saturated rings. The molecule has 350 valence electrons. The zero-order valence-electron chi connectivity index (χ0n) is 40.5. The second-order valence-corrected chi connectivity index (χ2v) is 19.5. The van der Waals surface area contributed by atoms with Crippen LogP contribution in [0.5, 0.6) is 0 Å². The third-order valence-corrected chi connectivity index (χ3v) is 15.2. The van der Waals surface area contributed by atoms with Gasteiger partial charge in [-0.1, -0.05) is 273 Å². The fourth-order valence-electron chi connectivity index (χ4n) is 12.3. The Morgan fingerprint density at radius 3 is 0.814 bits per heavy atom. The molecular formula is C67H67N3. The molecule has 0 aliphatic carbocycles. The van der Waals surface area contributed by atoms with Crippen LogP contribution in [0.3, 0.4) is 0 Å². The normalized spacial score (nSPS) is 16.2. The highest BCUT2D eigenvalue weighted by Gasteiger charge is 2.69. The van der Waals surface area contributed by atoms with E-state index in [4.69, 9.17) is 0 Å². The van der Waals surface area contributed by atoms with Crippen LogP contribution in [0.2, 0.25) is 0 Å². The van der Waals surface area contributed by atoms with E-state index in [0.29, 0.717) is 0 Å². The maximum atomic E-state index is 3.16. The molecule has 70 heavy (non-hydrogen) atoms. The van der Waals surface area contributed by atoms with Crippen molar-refractivity contribution in [2.45, 2.75) is 80.7 Å². The van der Waals surface area contributed by atoms with Crippen molar-refractivity contribution in [2.75, 3.05) is 0 Å². The van der Waals surface area contributed by atoms with E-state index in [1.54, 1.807) is 0 Å². The number of benzene rings is 9. The average Bonchev–Trinajstić information content (AvgIpc) is 3.41. The van der Waals surface area contributed by atoms with Gasteiger partial charge in [0.1, 0.15) is 0 Å². The molecule has 1 saturated heterocycles. The van der Waals surface area contributed by atoms with Gasteiger partial charge in [0.15, 0.2) is 0 Å². The Bertz CT molecular complexity index is 2770. The summed E-state index contributed by atoms with van der Waals surface area (Å²) >= 11 is 0. The summed E-state index contributed by atoms with van der Waals surface area (Å²) in [5.41, 5.74) is 10.6. The lowest BCUT2D eigenvalue weighted by molar-refractivity contribution is -0.222. The standard InChI is InChI=1S/C67H64N2.H3N/c1-10-28-55(29-11-1)46-64-65(47-56-30-12-2-13-31-56,48-57-32-14-3-15-33-57)69(54-63-44-26-9-27-45-63)67(51-60-38-20-6-21-39-60,52-61-40-22-7-23-41-61)66(49-58-34-16-4-17-35-58,50-59-36-18-5-19-37-59)68(64)53-62-42-24-8-25-43-62;/h1-45,64H,46-54H2;1H3. The molecule has 1 aliphatic rings. The maximum Gasteiger partial charge on any atom is 0.0490 e. The van der Waals surface area contributed by atoms with Crippen molar-refractivity contribution >= 4 is 0 Å². The minimum Gasteiger partial charge on any atom is -0.344 e. The summed E-state index contributed by atoms with van der Waals surface area (Å²) in [6.07, 6.45) is 5.95. The summed E-state index contributed by atoms with van der Waals surface area (Å²) in [4.78, 5) is 6.28. The van der Waals surface area contributed by atoms with Gasteiger partial charge in [0.05, 0.1) is 0 Å². The quantitative estimate of drug-likeness (QED) is 0.0932. The molecule has 0 saturated carbocycles. The molecule has 3 nitrogen and oxygen atoms in total. The van der Waals surface area contributed by atoms with Crippen molar-refractivity contribution in [1.29, 1.82) is 0 Å². The molecule has 0 aromatic heterocycles. The van der Waals surface area contributed by atoms with Gasteiger partial charge in [-0.3, -0.25) is 9.80 Å². The Kier molecular flexibility index (Phi) is 15.4. The van der Waals surface area contributed by atoms with E-state index in [1.165, 1.54) is 50.1 Å². The van der Waals surface area contributed by atoms with E-state index in [2.05, 4.69) is 283 Å². The van der Waals surface area contributed by atoms with Crippen molar-refractivity contribution in [3.63, 3.8) is 0 Å². The summed E-state index contributed by atoms with van der Waals surface area (Å²) in [6, 6.07) is 103. The van der Waals surface area contributed by atoms with Gasteiger partial charge in [-0.2, -0.15) is 0 Å². The van der Waals surface area contributed by atoms with Crippen LogP contribution in [-0.2, 0) is 58.0 Å². The molecular weight excluding hydrogens is 847 g/mol. The van der Waals surface area contributed by atoms with Crippen LogP contribution in [0.4, 0.5) is 0 Å². The highest BCUT2D eigenvalue weighted by Crippen LogP contribution is 2.56. The third-order valence-electron chi connectivity index (χ3n) is 15.2. The Balaban J connectivity index is 0.00000608. The summed E-state index contributed by atoms with van der Waals surface area (Å²) in [5, 5.41) is 0. The SMILES string of the molecule is N.c1ccc(CC2N(Cc3ccccc3)C(Cc3ccccc3)(Cc3ccccc3)C(Cc3ccccc3)(Cc3ccccc3)N(Cc3ccccc3)C2(Cc2ccccc2)Cc2ccccc2)cc1. The number of rotatable bonds is 18. The second-order valence-electron chi connectivity index (χ2n) is 19.5. The fourth-order valence-corrected chi connectivity index (χ4v) is 12.3. The molecule has 9 aromatic rings. The predicted molar refractivity (Wildman–Crippen MR) is 292 cm³/mol. The lowest BCUT2D eigenvalue weighted by Gasteiger charge is -2.74. The first-order valence-electron chi connectivity index (χ1n) is 25.0. The zero-order chi connectivity index (χ0) is 46.6. The van der Waals surface area contributed by atoms with Crippen molar-refractivity contribution in [1.82, 2.24) is 16.0 Å². The van der Waals surface area contributed by atoms with Crippen LogP contribution in [-0.4, -0.2) is 32.5 Å². The molecule has 0 bridgehead atoms. The molecule has 0 radical (unpaired) electrons. The van der Waals surface area contributed by atoms with E-state index in [0.717, 1.165) is 58.0 Å². The lowest BCUT2D eigenvalue weighted by atomic mass is 9.55. The Morgan fingerprint density at radius 1 is 0.257 bits per heavy atom. The molecule has 1 aliphatic heterocycles. The number of nitrogens with zero attached hydrogens (tertiary/aromatic N) is 2. The maximum absolute atomic E-state index is 3.16. The molecule has 1 heterocycles. The van der Waals surface area contributed by atoms with Crippen LogP contribution in [0, 0.1) is 0 Å². The monoisotopic (exact) mass is 914 g/mol. The minimum atomic E-state index is -0.539. The topological polar surface area (TPSA) is 41.5 Å². The highest BCUT2D eigenvalue weighted by molar-refractivity contribution is 5.41. The molecule has 10 rings (SSSR count). The van der Waals surface area contributed by atoms with Crippen LogP contribution in [0.15, 0.2) is 273 Å². The number of hydrogen-bond acceptors (Lipinski definition) is 3. The molecule has 0 amide bonds. The molecule has 3 N–H and O–H groups in total. The first-order chi connectivity index (χ1) is 34.1. The van der Waals surface area contributed by atoms with Crippen LogP contribution >= 0.6 is 0 Å². The predicted octanol–water partition coefficient (Wildman–Crippen LogP) is 14.5. The summed E-state index contributed by atoms with van der Waals surface area (Å²) in [5.74, 6) is 0. The smallest absolute Gasteiger partial charge is 0.0490 e. The lowest BCUT2D eigenvalue weighted by Crippen LogP contribution is -2.87. The van der Waals surface area contributed by atoms with Gasteiger partial charge < -0.3 is 6.15 Å². The average molecular weight is 914 g/mol. The van der Waals surface area contributed by atoms with Crippen molar-refractivity contribution in [3.05, 3.63) is 323 Å². The third kappa shape index (κ3) is 10.5. The molecule has 3 heteroatoms. The largest absolute Gasteiger partial charge is 0.344 e. The molecule has 1 atom stereocenters. The number of hydrogen-bond donors (Lipinski definition) is 1. The van der Waals surface area contributed by atoms with Gasteiger partial charge in [0, 0.05) is 35.7 Å². The molecule has 9 aromatic carbocycles. The van der Waals surface area contributed by atoms with Gasteiger partial charge >= 0.3 is 0 Å². The summed E-state index contributed by atoms with van der Waals surface area (Å²) in [6.45, 7) is 1.56. The van der Waals surface area contributed by atoms with E-state index >= 15 is 0 Å². The second kappa shape index (κ2) is 22.5. The summed E-state index contributed by atoms with van der Waals surface area (Å²) < 4.78 is 0. The first-order valence-corrected chi connectivity index (χ1v) is 25.0. The Hall–Kier alpha value is -7.14. The van der Waals surface area contributed by atoms with Gasteiger partial charge in [0.2, 0.25) is 0 Å². The Morgan fingerprint density at radius 2 is 0.500 bits per heavy atom. The van der Waals surface area contributed by atoms with Crippen molar-refractivity contribution in [3.8, 4) is 0 Å². The highest BCUT2D eigenvalue weighted by atomic mass is 15.4. The van der Waals surface area contributed by atoms with Crippen LogP contribution < -0.4 is 6.15 Å². The first kappa shape index (κ1) is 47.9. The van der Waals surface area contributed by atoms with Gasteiger partial charge in [0.25, 0.3) is 0 Å². The van der Waals surface area contributed by atoms with Gasteiger partial charge in [-0.15, -0.1) is 0 Å². The minimum absolute atomic E-state index is 0.